The van der Waals surface area contributed by atoms with Gasteiger partial charge in [-0.05, 0) is 57.3 Å². The molecule has 1 saturated carbocycles. The fourth-order valence-electron chi connectivity index (χ4n) is 4.16. The summed E-state index contributed by atoms with van der Waals surface area (Å²) in [7, 11) is 0. The Kier molecular flexibility index (Phi) is 7.36. The van der Waals surface area contributed by atoms with Gasteiger partial charge in [-0.15, -0.1) is 11.6 Å². The molecule has 1 unspecified atom stereocenters. The van der Waals surface area contributed by atoms with Gasteiger partial charge in [0, 0.05) is 24.4 Å². The zero-order valence-electron chi connectivity index (χ0n) is 13.7. The van der Waals surface area contributed by atoms with E-state index in [4.69, 9.17) is 11.6 Å². The van der Waals surface area contributed by atoms with Crippen molar-refractivity contribution in [2.45, 2.75) is 83.6 Å². The van der Waals surface area contributed by atoms with Crippen LogP contribution in [0.15, 0.2) is 0 Å². The molecule has 2 aliphatic rings. The molecule has 0 spiro atoms. The van der Waals surface area contributed by atoms with Crippen LogP contribution in [-0.2, 0) is 4.79 Å². The lowest BCUT2D eigenvalue weighted by Crippen LogP contribution is -2.40. The molecule has 0 aromatic heterocycles. The minimum absolute atomic E-state index is 0.319. The number of unbranched alkanes of at least 4 members (excludes halogenated alkanes) is 1. The molecule has 2 rings (SSSR count). The van der Waals surface area contributed by atoms with Gasteiger partial charge in [0.2, 0.25) is 5.91 Å². The number of amides is 1. The molecule has 1 heterocycles. The molecule has 2 fully saturated rings. The summed E-state index contributed by atoms with van der Waals surface area (Å²) in [5.41, 5.74) is 0. The molecule has 2 nitrogen and oxygen atoms in total. The van der Waals surface area contributed by atoms with E-state index < -0.39 is 0 Å². The molecular weight excluding hydrogens is 282 g/mol. The van der Waals surface area contributed by atoms with Crippen LogP contribution in [0.4, 0.5) is 0 Å². The fourth-order valence-corrected chi connectivity index (χ4v) is 4.32. The number of halogens is 1. The molecule has 3 heteroatoms. The van der Waals surface area contributed by atoms with Crippen LogP contribution in [0.5, 0.6) is 0 Å². The van der Waals surface area contributed by atoms with Crippen LogP contribution in [0.2, 0.25) is 0 Å². The molecule has 0 bridgehead atoms. The van der Waals surface area contributed by atoms with Gasteiger partial charge in [-0.3, -0.25) is 4.79 Å². The molecular formula is C18H32ClNO. The Labute approximate surface area is 135 Å². The van der Waals surface area contributed by atoms with Crippen molar-refractivity contribution < 1.29 is 4.79 Å². The molecule has 1 saturated heterocycles. The standard InChI is InChI=1S/C18H32ClNO/c1-2-3-6-15-9-11-16(12-10-15)18(21)20-14-5-8-17(20)7-4-13-19/h15-17H,2-14H2,1H3. The molecule has 1 aliphatic carbocycles. The van der Waals surface area contributed by atoms with Crippen molar-refractivity contribution in [3.05, 3.63) is 0 Å². The Balaban J connectivity index is 1.78. The third-order valence-electron chi connectivity index (χ3n) is 5.49. The highest BCUT2D eigenvalue weighted by atomic mass is 35.5. The van der Waals surface area contributed by atoms with Crippen LogP contribution in [0.25, 0.3) is 0 Å². The van der Waals surface area contributed by atoms with Gasteiger partial charge in [0.25, 0.3) is 0 Å². The highest BCUT2D eigenvalue weighted by molar-refractivity contribution is 6.17. The molecule has 21 heavy (non-hydrogen) atoms. The number of hydrogen-bond acceptors (Lipinski definition) is 1. The molecule has 0 radical (unpaired) electrons. The van der Waals surface area contributed by atoms with Crippen molar-refractivity contribution in [1.82, 2.24) is 4.90 Å². The summed E-state index contributed by atoms with van der Waals surface area (Å²) in [5, 5.41) is 0. The first kappa shape index (κ1) is 17.1. The van der Waals surface area contributed by atoms with E-state index in [9.17, 15) is 4.79 Å². The minimum atomic E-state index is 0.319. The first-order valence-corrected chi connectivity index (χ1v) is 9.66. The molecule has 0 aromatic rings. The zero-order chi connectivity index (χ0) is 15.1. The fraction of sp³-hybridized carbons (Fsp3) is 0.944. The maximum atomic E-state index is 12.8. The van der Waals surface area contributed by atoms with E-state index in [0.29, 0.717) is 17.9 Å². The van der Waals surface area contributed by atoms with E-state index in [1.807, 2.05) is 0 Å². The van der Waals surface area contributed by atoms with Crippen molar-refractivity contribution in [2.24, 2.45) is 11.8 Å². The van der Waals surface area contributed by atoms with Crippen LogP contribution >= 0.6 is 11.6 Å². The predicted molar refractivity (Wildman–Crippen MR) is 89.7 cm³/mol. The van der Waals surface area contributed by atoms with Gasteiger partial charge in [-0.1, -0.05) is 26.2 Å². The normalized spacial score (nSPS) is 29.8. The second-order valence-corrected chi connectivity index (χ2v) is 7.40. The van der Waals surface area contributed by atoms with Crippen LogP contribution in [0.3, 0.4) is 0 Å². The van der Waals surface area contributed by atoms with Gasteiger partial charge < -0.3 is 4.90 Å². The quantitative estimate of drug-likeness (QED) is 0.606. The summed E-state index contributed by atoms with van der Waals surface area (Å²) in [4.78, 5) is 15.0. The highest BCUT2D eigenvalue weighted by Gasteiger charge is 2.34. The van der Waals surface area contributed by atoms with Gasteiger partial charge in [-0.2, -0.15) is 0 Å². The molecule has 1 atom stereocenters. The molecule has 122 valence electrons. The summed E-state index contributed by atoms with van der Waals surface area (Å²) in [6, 6.07) is 0.481. The summed E-state index contributed by atoms with van der Waals surface area (Å²) in [6.45, 7) is 3.26. The van der Waals surface area contributed by atoms with Gasteiger partial charge in [0.1, 0.15) is 0 Å². The molecule has 1 aliphatic heterocycles. The molecule has 0 aromatic carbocycles. The largest absolute Gasteiger partial charge is 0.339 e. The lowest BCUT2D eigenvalue weighted by atomic mass is 9.79. The van der Waals surface area contributed by atoms with Gasteiger partial charge >= 0.3 is 0 Å². The van der Waals surface area contributed by atoms with Crippen molar-refractivity contribution in [2.75, 3.05) is 12.4 Å². The van der Waals surface area contributed by atoms with Crippen LogP contribution in [0, 0.1) is 11.8 Å². The Morgan fingerprint density at radius 2 is 1.86 bits per heavy atom. The number of alkyl halides is 1. The summed E-state index contributed by atoms with van der Waals surface area (Å²) < 4.78 is 0. The van der Waals surface area contributed by atoms with E-state index in [2.05, 4.69) is 11.8 Å². The number of carbonyl (C=O) groups excluding carboxylic acids is 1. The highest BCUT2D eigenvalue weighted by Crippen LogP contribution is 2.34. The Morgan fingerprint density at radius 3 is 2.52 bits per heavy atom. The number of nitrogens with zero attached hydrogens (tertiary/aromatic N) is 1. The van der Waals surface area contributed by atoms with Crippen LogP contribution in [-0.4, -0.2) is 29.3 Å². The Hall–Kier alpha value is -0.240. The second-order valence-electron chi connectivity index (χ2n) is 7.02. The van der Waals surface area contributed by atoms with Crippen LogP contribution in [0.1, 0.15) is 77.6 Å². The maximum absolute atomic E-state index is 12.8. The lowest BCUT2D eigenvalue weighted by Gasteiger charge is -2.33. The third-order valence-corrected chi connectivity index (χ3v) is 5.76. The smallest absolute Gasteiger partial charge is 0.225 e. The topological polar surface area (TPSA) is 20.3 Å². The van der Waals surface area contributed by atoms with E-state index >= 15 is 0 Å². The van der Waals surface area contributed by atoms with E-state index in [1.54, 1.807) is 0 Å². The van der Waals surface area contributed by atoms with Crippen molar-refractivity contribution in [1.29, 1.82) is 0 Å². The van der Waals surface area contributed by atoms with E-state index in [0.717, 1.165) is 44.0 Å². The Bertz CT molecular complexity index is 312. The summed E-state index contributed by atoms with van der Waals surface area (Å²) in [5.74, 6) is 2.39. The number of carbonyl (C=O) groups is 1. The third kappa shape index (κ3) is 4.87. The van der Waals surface area contributed by atoms with Gasteiger partial charge in [-0.25, -0.2) is 0 Å². The van der Waals surface area contributed by atoms with Crippen molar-refractivity contribution >= 4 is 17.5 Å². The molecule has 1 amide bonds. The van der Waals surface area contributed by atoms with Gasteiger partial charge in [0.05, 0.1) is 0 Å². The number of hydrogen-bond donors (Lipinski definition) is 0. The SMILES string of the molecule is CCCCC1CCC(C(=O)N2CCCC2CCCCl)CC1. The Morgan fingerprint density at radius 1 is 1.10 bits per heavy atom. The van der Waals surface area contributed by atoms with Crippen LogP contribution < -0.4 is 0 Å². The van der Waals surface area contributed by atoms with Crippen molar-refractivity contribution in [3.8, 4) is 0 Å². The van der Waals surface area contributed by atoms with E-state index in [1.165, 1.54) is 44.9 Å². The van der Waals surface area contributed by atoms with E-state index in [-0.39, 0.29) is 0 Å². The van der Waals surface area contributed by atoms with Gasteiger partial charge in [0.15, 0.2) is 0 Å². The first-order chi connectivity index (χ1) is 10.3. The minimum Gasteiger partial charge on any atom is -0.339 e. The molecule has 0 N–H and O–H groups in total. The average Bonchev–Trinajstić information content (AvgIpc) is 2.99. The average molecular weight is 314 g/mol. The predicted octanol–water partition coefficient (Wildman–Crippen LogP) is 4.99. The number of rotatable bonds is 7. The number of likely N-dealkylation sites (tertiary alicyclic amines) is 1. The summed E-state index contributed by atoms with van der Waals surface area (Å²) in [6.07, 6.45) is 13.4. The second kappa shape index (κ2) is 9.02. The monoisotopic (exact) mass is 313 g/mol. The summed E-state index contributed by atoms with van der Waals surface area (Å²) >= 11 is 5.81. The lowest BCUT2D eigenvalue weighted by molar-refractivity contribution is -0.137. The maximum Gasteiger partial charge on any atom is 0.225 e. The van der Waals surface area contributed by atoms with Crippen molar-refractivity contribution in [3.63, 3.8) is 0 Å². The zero-order valence-corrected chi connectivity index (χ0v) is 14.4. The first-order valence-electron chi connectivity index (χ1n) is 9.12.